The van der Waals surface area contributed by atoms with Gasteiger partial charge in [-0.2, -0.15) is 5.10 Å². The van der Waals surface area contributed by atoms with Crippen LogP contribution in [0.4, 0.5) is 0 Å². The monoisotopic (exact) mass is 420 g/mol. The summed E-state index contributed by atoms with van der Waals surface area (Å²) >= 11 is 0. The molecule has 31 heavy (non-hydrogen) atoms. The molecule has 158 valence electrons. The van der Waals surface area contributed by atoms with Gasteiger partial charge in [0, 0.05) is 6.42 Å². The summed E-state index contributed by atoms with van der Waals surface area (Å²) in [6.45, 7) is 3.97. The highest BCUT2D eigenvalue weighted by atomic mass is 16.7. The van der Waals surface area contributed by atoms with Gasteiger partial charge in [0.15, 0.2) is 11.5 Å². The molecule has 1 aromatic heterocycles. The summed E-state index contributed by atoms with van der Waals surface area (Å²) in [4.78, 5) is 27.4. The van der Waals surface area contributed by atoms with E-state index in [1.165, 1.54) is 0 Å². The van der Waals surface area contributed by atoms with Gasteiger partial charge in [0.2, 0.25) is 12.7 Å². The SMILES string of the molecule is Cc1cc(C)cc(-n2c(O)c(C3=NN[C@@H](c4ccc5c(c4)OCO5)C3)c(=O)[nH]c2=O)c1. The highest BCUT2D eigenvalue weighted by Gasteiger charge is 2.28. The average molecular weight is 420 g/mol. The first-order chi connectivity index (χ1) is 14.9. The van der Waals surface area contributed by atoms with Gasteiger partial charge in [-0.3, -0.25) is 9.78 Å². The van der Waals surface area contributed by atoms with E-state index in [4.69, 9.17) is 9.47 Å². The van der Waals surface area contributed by atoms with E-state index in [0.717, 1.165) is 21.3 Å². The molecule has 9 nitrogen and oxygen atoms in total. The number of aromatic hydroxyl groups is 1. The Hall–Kier alpha value is -4.01. The Bertz CT molecular complexity index is 1330. The number of H-pyrrole nitrogens is 1. The third kappa shape index (κ3) is 3.24. The van der Waals surface area contributed by atoms with Crippen LogP contribution in [-0.2, 0) is 0 Å². The lowest BCUT2D eigenvalue weighted by atomic mass is 9.99. The lowest BCUT2D eigenvalue weighted by molar-refractivity contribution is 0.174. The van der Waals surface area contributed by atoms with Crippen molar-refractivity contribution in [2.24, 2.45) is 5.10 Å². The predicted molar refractivity (Wildman–Crippen MR) is 113 cm³/mol. The highest BCUT2D eigenvalue weighted by Crippen LogP contribution is 2.36. The van der Waals surface area contributed by atoms with Gasteiger partial charge >= 0.3 is 5.69 Å². The van der Waals surface area contributed by atoms with Crippen LogP contribution in [0.1, 0.15) is 34.7 Å². The Kier molecular flexibility index (Phi) is 4.32. The maximum absolute atomic E-state index is 12.6. The number of ether oxygens (including phenoxy) is 2. The second-order valence-electron chi connectivity index (χ2n) is 7.70. The topological polar surface area (TPSA) is 118 Å². The fourth-order valence-corrected chi connectivity index (χ4v) is 4.03. The van der Waals surface area contributed by atoms with Crippen LogP contribution in [0.2, 0.25) is 0 Å². The van der Waals surface area contributed by atoms with Crippen LogP contribution < -0.4 is 26.1 Å². The van der Waals surface area contributed by atoms with E-state index in [2.05, 4.69) is 15.5 Å². The Morgan fingerprint density at radius 1 is 1.06 bits per heavy atom. The summed E-state index contributed by atoms with van der Waals surface area (Å²) in [5, 5.41) is 15.2. The molecule has 0 unspecified atom stereocenters. The summed E-state index contributed by atoms with van der Waals surface area (Å²) in [5.41, 5.74) is 5.16. The largest absolute Gasteiger partial charge is 0.493 e. The van der Waals surface area contributed by atoms with E-state index < -0.39 is 17.1 Å². The third-order valence-corrected chi connectivity index (χ3v) is 5.39. The molecule has 0 aliphatic carbocycles. The minimum absolute atomic E-state index is 0.0329. The lowest BCUT2D eigenvalue weighted by Crippen LogP contribution is -2.33. The number of aromatic nitrogens is 2. The van der Waals surface area contributed by atoms with Crippen molar-refractivity contribution in [3.8, 4) is 23.1 Å². The van der Waals surface area contributed by atoms with Gasteiger partial charge in [0.25, 0.3) is 5.56 Å². The van der Waals surface area contributed by atoms with Gasteiger partial charge < -0.3 is 20.0 Å². The number of fused-ring (bicyclic) bond motifs is 1. The summed E-state index contributed by atoms with van der Waals surface area (Å²) in [5.74, 6) is 0.889. The summed E-state index contributed by atoms with van der Waals surface area (Å²) in [6, 6.07) is 10.8. The van der Waals surface area contributed by atoms with E-state index in [1.807, 2.05) is 38.1 Å². The predicted octanol–water partition coefficient (Wildman–Crippen LogP) is 2.02. The van der Waals surface area contributed by atoms with E-state index in [0.29, 0.717) is 29.3 Å². The fraction of sp³-hybridized carbons (Fsp3) is 0.227. The molecule has 0 radical (unpaired) electrons. The summed E-state index contributed by atoms with van der Waals surface area (Å²) in [6.07, 6.45) is 0.349. The Morgan fingerprint density at radius 3 is 2.58 bits per heavy atom. The van der Waals surface area contributed by atoms with Crippen molar-refractivity contribution in [2.45, 2.75) is 26.3 Å². The van der Waals surface area contributed by atoms with Crippen LogP contribution in [0.5, 0.6) is 17.4 Å². The minimum Gasteiger partial charge on any atom is -0.493 e. The number of hydrogen-bond acceptors (Lipinski definition) is 7. The maximum Gasteiger partial charge on any atom is 0.335 e. The van der Waals surface area contributed by atoms with E-state index >= 15 is 0 Å². The first kappa shape index (κ1) is 19.0. The molecule has 5 rings (SSSR count). The zero-order chi connectivity index (χ0) is 21.7. The number of nitrogens with zero attached hydrogens (tertiary/aromatic N) is 2. The third-order valence-electron chi connectivity index (χ3n) is 5.39. The second-order valence-corrected chi connectivity index (χ2v) is 7.70. The van der Waals surface area contributed by atoms with E-state index in [-0.39, 0.29) is 18.4 Å². The molecule has 0 fully saturated rings. The van der Waals surface area contributed by atoms with Gasteiger partial charge in [0.1, 0.15) is 5.56 Å². The molecule has 0 saturated heterocycles. The zero-order valence-electron chi connectivity index (χ0n) is 16.9. The number of hydrogen-bond donors (Lipinski definition) is 3. The van der Waals surface area contributed by atoms with Gasteiger partial charge in [-0.05, 0) is 54.8 Å². The normalized spacial score (nSPS) is 16.8. The molecule has 0 saturated carbocycles. The molecule has 9 heteroatoms. The van der Waals surface area contributed by atoms with Gasteiger partial charge in [-0.1, -0.05) is 12.1 Å². The maximum atomic E-state index is 12.6. The van der Waals surface area contributed by atoms with Gasteiger partial charge in [-0.15, -0.1) is 0 Å². The molecular formula is C22H20N4O5. The van der Waals surface area contributed by atoms with Gasteiger partial charge in [0.05, 0.1) is 17.4 Å². The number of benzene rings is 2. The van der Waals surface area contributed by atoms with Crippen LogP contribution in [-0.4, -0.2) is 27.2 Å². The smallest absolute Gasteiger partial charge is 0.335 e. The van der Waals surface area contributed by atoms with Crippen LogP contribution in [0.15, 0.2) is 51.1 Å². The van der Waals surface area contributed by atoms with Crippen molar-refractivity contribution in [1.29, 1.82) is 0 Å². The molecule has 3 heterocycles. The van der Waals surface area contributed by atoms with E-state index in [1.54, 1.807) is 12.1 Å². The van der Waals surface area contributed by atoms with Crippen molar-refractivity contribution in [3.63, 3.8) is 0 Å². The van der Waals surface area contributed by atoms with Crippen molar-refractivity contribution in [2.75, 3.05) is 6.79 Å². The van der Waals surface area contributed by atoms with Crippen molar-refractivity contribution < 1.29 is 14.6 Å². The number of rotatable bonds is 3. The van der Waals surface area contributed by atoms with Crippen LogP contribution in [0, 0.1) is 13.8 Å². The molecule has 0 bridgehead atoms. The number of hydrazone groups is 1. The zero-order valence-corrected chi connectivity index (χ0v) is 16.9. The lowest BCUT2D eigenvalue weighted by Gasteiger charge is -2.13. The van der Waals surface area contributed by atoms with Crippen molar-refractivity contribution >= 4 is 5.71 Å². The molecule has 2 aliphatic rings. The molecule has 0 spiro atoms. The average Bonchev–Trinajstić information content (AvgIpc) is 3.35. The quantitative estimate of drug-likeness (QED) is 0.597. The Balaban J connectivity index is 1.52. The molecule has 0 amide bonds. The van der Waals surface area contributed by atoms with Gasteiger partial charge in [-0.25, -0.2) is 9.36 Å². The molecular weight excluding hydrogens is 400 g/mol. The molecule has 3 aromatic rings. The molecule has 2 aliphatic heterocycles. The molecule has 2 aromatic carbocycles. The second kappa shape index (κ2) is 7.05. The van der Waals surface area contributed by atoms with Crippen molar-refractivity contribution in [3.05, 3.63) is 79.5 Å². The minimum atomic E-state index is -0.713. The number of aryl methyl sites for hydroxylation is 2. The Labute approximate surface area is 176 Å². The van der Waals surface area contributed by atoms with Crippen LogP contribution in [0.25, 0.3) is 5.69 Å². The molecule has 1 atom stereocenters. The first-order valence-corrected chi connectivity index (χ1v) is 9.79. The standard InChI is InChI=1S/C22H20N4O5/c1-11-5-12(2)7-14(6-11)26-21(28)19(20(27)23-22(26)29)16-9-15(24-25-16)13-3-4-17-18(8-13)31-10-30-17/h3-8,15,24,28H,9-10H2,1-2H3,(H,23,27,29)/t15-/m1/s1. The summed E-state index contributed by atoms with van der Waals surface area (Å²) in [7, 11) is 0. The van der Waals surface area contributed by atoms with E-state index in [9.17, 15) is 14.7 Å². The van der Waals surface area contributed by atoms with Crippen LogP contribution >= 0.6 is 0 Å². The first-order valence-electron chi connectivity index (χ1n) is 9.79. The fourth-order valence-electron chi connectivity index (χ4n) is 4.03. The van der Waals surface area contributed by atoms with Crippen LogP contribution in [0.3, 0.4) is 0 Å². The number of nitrogens with one attached hydrogen (secondary N) is 2. The van der Waals surface area contributed by atoms with Crippen molar-refractivity contribution in [1.82, 2.24) is 15.0 Å². The summed E-state index contributed by atoms with van der Waals surface area (Å²) < 4.78 is 11.9. The highest BCUT2D eigenvalue weighted by molar-refractivity contribution is 6.03. The Morgan fingerprint density at radius 2 is 1.81 bits per heavy atom. The molecule has 3 N–H and O–H groups in total. The number of aromatic amines is 1.